The van der Waals surface area contributed by atoms with Crippen LogP contribution < -0.4 is 5.32 Å². The lowest BCUT2D eigenvalue weighted by Gasteiger charge is -2.08. The van der Waals surface area contributed by atoms with Gasteiger partial charge in [0.15, 0.2) is 5.82 Å². The van der Waals surface area contributed by atoms with Gasteiger partial charge in [-0.1, -0.05) is 6.07 Å². The van der Waals surface area contributed by atoms with Gasteiger partial charge in [-0.2, -0.15) is 4.68 Å². The molecule has 0 atom stereocenters. The molecular formula is C14H14N6. The van der Waals surface area contributed by atoms with Crippen LogP contribution in [0.3, 0.4) is 0 Å². The van der Waals surface area contributed by atoms with E-state index in [1.807, 2.05) is 43.3 Å². The third-order valence-corrected chi connectivity index (χ3v) is 2.96. The Balaban J connectivity index is 1.77. The number of aryl methyl sites for hydroxylation is 1. The largest absolute Gasteiger partial charge is 0.381 e. The summed E-state index contributed by atoms with van der Waals surface area (Å²) in [4.78, 5) is 4.00. The summed E-state index contributed by atoms with van der Waals surface area (Å²) in [5.41, 5.74) is 3.14. The van der Waals surface area contributed by atoms with Gasteiger partial charge in [0.05, 0.1) is 5.69 Å². The van der Waals surface area contributed by atoms with E-state index in [9.17, 15) is 0 Å². The maximum Gasteiger partial charge on any atom is 0.153 e. The lowest BCUT2D eigenvalue weighted by atomic mass is 10.2. The van der Waals surface area contributed by atoms with Crippen molar-refractivity contribution in [3.05, 3.63) is 60.2 Å². The van der Waals surface area contributed by atoms with Crippen molar-refractivity contribution in [2.45, 2.75) is 13.5 Å². The van der Waals surface area contributed by atoms with Crippen molar-refractivity contribution in [1.82, 2.24) is 25.2 Å². The van der Waals surface area contributed by atoms with E-state index in [1.165, 1.54) is 5.56 Å². The first kappa shape index (κ1) is 12.3. The minimum atomic E-state index is 0.751. The van der Waals surface area contributed by atoms with Crippen LogP contribution in [0.25, 0.3) is 5.69 Å². The maximum atomic E-state index is 4.00. The predicted octanol–water partition coefficient (Wildman–Crippen LogP) is 1.98. The SMILES string of the molecule is Cc1nnnn1-c1cccc(NCc2ccncc2)c1. The van der Waals surface area contributed by atoms with Crippen LogP contribution in [0.15, 0.2) is 48.8 Å². The summed E-state index contributed by atoms with van der Waals surface area (Å²) in [6.45, 7) is 2.62. The van der Waals surface area contributed by atoms with Gasteiger partial charge in [-0.05, 0) is 53.2 Å². The van der Waals surface area contributed by atoms with Gasteiger partial charge in [0.2, 0.25) is 0 Å². The molecule has 0 radical (unpaired) electrons. The summed E-state index contributed by atoms with van der Waals surface area (Å²) in [5, 5.41) is 14.9. The summed E-state index contributed by atoms with van der Waals surface area (Å²) in [6.07, 6.45) is 3.58. The molecular weight excluding hydrogens is 252 g/mol. The van der Waals surface area contributed by atoms with Crippen LogP contribution in [0.5, 0.6) is 0 Å². The summed E-state index contributed by atoms with van der Waals surface area (Å²) in [7, 11) is 0. The number of benzene rings is 1. The average Bonchev–Trinajstić information content (AvgIpc) is 2.93. The Kier molecular flexibility index (Phi) is 3.36. The van der Waals surface area contributed by atoms with Crippen molar-refractivity contribution in [2.75, 3.05) is 5.32 Å². The first-order chi connectivity index (χ1) is 9.83. The van der Waals surface area contributed by atoms with E-state index in [1.54, 1.807) is 17.1 Å². The third-order valence-electron chi connectivity index (χ3n) is 2.96. The number of hydrogen-bond acceptors (Lipinski definition) is 5. The molecule has 2 aromatic heterocycles. The van der Waals surface area contributed by atoms with Crippen molar-refractivity contribution in [3.63, 3.8) is 0 Å². The van der Waals surface area contributed by atoms with Gasteiger partial charge >= 0.3 is 0 Å². The van der Waals surface area contributed by atoms with E-state index < -0.39 is 0 Å². The Bertz CT molecular complexity index is 692. The van der Waals surface area contributed by atoms with Gasteiger partial charge < -0.3 is 5.32 Å². The molecule has 0 unspecified atom stereocenters. The molecule has 0 aliphatic carbocycles. The van der Waals surface area contributed by atoms with Gasteiger partial charge in [0.1, 0.15) is 0 Å². The average molecular weight is 266 g/mol. The lowest BCUT2D eigenvalue weighted by Crippen LogP contribution is -2.02. The molecule has 0 aliphatic rings. The van der Waals surface area contributed by atoms with Gasteiger partial charge in [-0.3, -0.25) is 4.98 Å². The smallest absolute Gasteiger partial charge is 0.153 e. The van der Waals surface area contributed by atoms with Crippen molar-refractivity contribution >= 4 is 5.69 Å². The second-order valence-electron chi connectivity index (χ2n) is 4.40. The van der Waals surface area contributed by atoms with E-state index >= 15 is 0 Å². The topological polar surface area (TPSA) is 68.5 Å². The van der Waals surface area contributed by atoms with Crippen molar-refractivity contribution in [1.29, 1.82) is 0 Å². The number of nitrogens with one attached hydrogen (secondary N) is 1. The molecule has 2 heterocycles. The summed E-state index contributed by atoms with van der Waals surface area (Å²) in [5.74, 6) is 0.760. The van der Waals surface area contributed by atoms with E-state index in [2.05, 4.69) is 25.8 Å². The molecule has 0 bridgehead atoms. The Labute approximate surface area is 116 Å². The van der Waals surface area contributed by atoms with E-state index in [0.29, 0.717) is 0 Å². The molecule has 0 fully saturated rings. The van der Waals surface area contributed by atoms with E-state index in [4.69, 9.17) is 0 Å². The summed E-state index contributed by atoms with van der Waals surface area (Å²) >= 11 is 0. The Morgan fingerprint density at radius 2 is 2.00 bits per heavy atom. The molecule has 0 amide bonds. The minimum absolute atomic E-state index is 0.751. The van der Waals surface area contributed by atoms with Crippen LogP contribution in [0.4, 0.5) is 5.69 Å². The molecule has 3 aromatic rings. The fourth-order valence-electron chi connectivity index (χ4n) is 1.92. The number of nitrogens with zero attached hydrogens (tertiary/aromatic N) is 5. The number of aromatic nitrogens is 5. The number of tetrazole rings is 1. The van der Waals surface area contributed by atoms with Crippen LogP contribution >= 0.6 is 0 Å². The van der Waals surface area contributed by atoms with E-state index in [-0.39, 0.29) is 0 Å². The Hall–Kier alpha value is -2.76. The molecule has 6 nitrogen and oxygen atoms in total. The fraction of sp³-hybridized carbons (Fsp3) is 0.143. The molecule has 20 heavy (non-hydrogen) atoms. The van der Waals surface area contributed by atoms with Gasteiger partial charge in [0, 0.05) is 24.6 Å². The Morgan fingerprint density at radius 1 is 1.15 bits per heavy atom. The molecule has 0 saturated carbocycles. The molecule has 1 N–H and O–H groups in total. The van der Waals surface area contributed by atoms with Crippen LogP contribution in [-0.2, 0) is 6.54 Å². The first-order valence-corrected chi connectivity index (χ1v) is 6.31. The van der Waals surface area contributed by atoms with Crippen molar-refractivity contribution < 1.29 is 0 Å². The third kappa shape index (κ3) is 2.64. The van der Waals surface area contributed by atoms with Gasteiger partial charge in [0.25, 0.3) is 0 Å². The van der Waals surface area contributed by atoms with Gasteiger partial charge in [-0.25, -0.2) is 0 Å². The van der Waals surface area contributed by atoms with E-state index in [0.717, 1.165) is 23.7 Å². The molecule has 0 aliphatic heterocycles. The zero-order valence-electron chi connectivity index (χ0n) is 11.1. The molecule has 100 valence electrons. The maximum absolute atomic E-state index is 4.00. The standard InChI is InChI=1S/C14H14N6/c1-11-17-18-19-20(11)14-4-2-3-13(9-14)16-10-12-5-7-15-8-6-12/h2-9,16H,10H2,1H3. The monoisotopic (exact) mass is 266 g/mol. The highest BCUT2D eigenvalue weighted by atomic mass is 15.5. The quantitative estimate of drug-likeness (QED) is 0.782. The molecule has 3 rings (SSSR count). The van der Waals surface area contributed by atoms with Crippen LogP contribution in [0.2, 0.25) is 0 Å². The van der Waals surface area contributed by atoms with Crippen molar-refractivity contribution in [3.8, 4) is 5.69 Å². The first-order valence-electron chi connectivity index (χ1n) is 6.31. The lowest BCUT2D eigenvalue weighted by molar-refractivity contribution is 0.779. The zero-order chi connectivity index (χ0) is 13.8. The fourth-order valence-corrected chi connectivity index (χ4v) is 1.92. The highest BCUT2D eigenvalue weighted by Crippen LogP contribution is 2.15. The van der Waals surface area contributed by atoms with Crippen molar-refractivity contribution in [2.24, 2.45) is 0 Å². The Morgan fingerprint density at radius 3 is 2.75 bits per heavy atom. The number of hydrogen-bond donors (Lipinski definition) is 1. The van der Waals surface area contributed by atoms with Gasteiger partial charge in [-0.15, -0.1) is 5.10 Å². The highest BCUT2D eigenvalue weighted by Gasteiger charge is 2.04. The number of pyridine rings is 1. The zero-order valence-corrected chi connectivity index (χ0v) is 11.1. The van der Waals surface area contributed by atoms with Crippen LogP contribution in [0, 0.1) is 6.92 Å². The predicted molar refractivity (Wildman–Crippen MR) is 75.5 cm³/mol. The second-order valence-corrected chi connectivity index (χ2v) is 4.40. The molecule has 1 aromatic carbocycles. The molecule has 0 saturated heterocycles. The minimum Gasteiger partial charge on any atom is -0.381 e. The summed E-state index contributed by atoms with van der Waals surface area (Å²) in [6, 6.07) is 12.0. The number of anilines is 1. The number of rotatable bonds is 4. The second kappa shape index (κ2) is 5.48. The summed E-state index contributed by atoms with van der Waals surface area (Å²) < 4.78 is 1.71. The molecule has 6 heteroatoms. The van der Waals surface area contributed by atoms with Crippen LogP contribution in [0.1, 0.15) is 11.4 Å². The van der Waals surface area contributed by atoms with Crippen LogP contribution in [-0.4, -0.2) is 25.2 Å². The highest BCUT2D eigenvalue weighted by molar-refractivity contribution is 5.51. The molecule has 0 spiro atoms. The normalized spacial score (nSPS) is 10.4.